The topological polar surface area (TPSA) is 58.4 Å². The molecule has 1 saturated carbocycles. The zero-order chi connectivity index (χ0) is 13.2. The van der Waals surface area contributed by atoms with Gasteiger partial charge in [0.05, 0.1) is 6.54 Å². The van der Waals surface area contributed by atoms with Crippen LogP contribution in [0.3, 0.4) is 0 Å². The highest BCUT2D eigenvalue weighted by molar-refractivity contribution is 5.92. The van der Waals surface area contributed by atoms with Gasteiger partial charge in [-0.25, -0.2) is 0 Å². The molecule has 1 aliphatic carbocycles. The zero-order valence-electron chi connectivity index (χ0n) is 11.1. The lowest BCUT2D eigenvalue weighted by Gasteiger charge is -2.16. The van der Waals surface area contributed by atoms with Crippen LogP contribution in [0.15, 0.2) is 24.3 Å². The smallest absolute Gasteiger partial charge is 0.238 e. The first-order valence-electron chi connectivity index (χ1n) is 7.08. The molecule has 2 unspecified atom stereocenters. The molecule has 4 heteroatoms. The van der Waals surface area contributed by atoms with Crippen molar-refractivity contribution < 1.29 is 4.79 Å². The van der Waals surface area contributed by atoms with E-state index in [4.69, 9.17) is 5.73 Å². The van der Waals surface area contributed by atoms with Gasteiger partial charge >= 0.3 is 0 Å². The molecule has 1 aromatic carbocycles. The summed E-state index contributed by atoms with van der Waals surface area (Å²) in [6, 6.07) is 7.33. The number of likely N-dealkylation sites (tertiary alicyclic amines) is 1. The lowest BCUT2D eigenvalue weighted by Crippen LogP contribution is -2.32. The van der Waals surface area contributed by atoms with Crippen LogP contribution in [0.4, 0.5) is 11.4 Å². The van der Waals surface area contributed by atoms with Crippen molar-refractivity contribution >= 4 is 17.3 Å². The Labute approximate surface area is 114 Å². The second kappa shape index (κ2) is 5.21. The standard InChI is InChI=1S/C15H21N3O/c16-13-5-2-6-14(7-13)17-15(19)10-18-8-11-3-1-4-12(11)9-18/h2,5-7,11-12H,1,3-4,8-10,16H2,(H,17,19). The first-order chi connectivity index (χ1) is 9.20. The van der Waals surface area contributed by atoms with Gasteiger partial charge < -0.3 is 11.1 Å². The molecular weight excluding hydrogens is 238 g/mol. The average Bonchev–Trinajstić information content (AvgIpc) is 2.89. The molecular formula is C15H21N3O. The van der Waals surface area contributed by atoms with Crippen molar-refractivity contribution in [2.75, 3.05) is 30.7 Å². The number of fused-ring (bicyclic) bond motifs is 1. The summed E-state index contributed by atoms with van der Waals surface area (Å²) in [4.78, 5) is 14.3. The monoisotopic (exact) mass is 259 g/mol. The second-order valence-corrected chi connectivity index (χ2v) is 5.82. The van der Waals surface area contributed by atoms with Crippen LogP contribution in [0.5, 0.6) is 0 Å². The second-order valence-electron chi connectivity index (χ2n) is 5.82. The van der Waals surface area contributed by atoms with E-state index in [0.717, 1.165) is 30.6 Å². The van der Waals surface area contributed by atoms with E-state index in [1.807, 2.05) is 18.2 Å². The molecule has 102 valence electrons. The molecule has 2 fully saturated rings. The van der Waals surface area contributed by atoms with Crippen LogP contribution in [0.25, 0.3) is 0 Å². The molecule has 0 bridgehead atoms. The number of nitrogens with one attached hydrogen (secondary N) is 1. The minimum atomic E-state index is 0.0607. The summed E-state index contributed by atoms with van der Waals surface area (Å²) in [5.41, 5.74) is 7.15. The zero-order valence-corrected chi connectivity index (χ0v) is 11.1. The first kappa shape index (κ1) is 12.5. The summed E-state index contributed by atoms with van der Waals surface area (Å²) in [6.07, 6.45) is 4.06. The van der Waals surface area contributed by atoms with Crippen molar-refractivity contribution in [3.8, 4) is 0 Å². The van der Waals surface area contributed by atoms with Gasteiger partial charge in [-0.15, -0.1) is 0 Å². The molecule has 0 aromatic heterocycles. The number of carbonyl (C=O) groups is 1. The molecule has 2 atom stereocenters. The van der Waals surface area contributed by atoms with E-state index in [2.05, 4.69) is 10.2 Å². The van der Waals surface area contributed by atoms with E-state index >= 15 is 0 Å². The van der Waals surface area contributed by atoms with Crippen LogP contribution < -0.4 is 11.1 Å². The van der Waals surface area contributed by atoms with Crippen LogP contribution in [-0.2, 0) is 4.79 Å². The molecule has 0 spiro atoms. The van der Waals surface area contributed by atoms with Crippen LogP contribution in [-0.4, -0.2) is 30.4 Å². The molecule has 1 aromatic rings. The molecule has 2 aliphatic rings. The summed E-state index contributed by atoms with van der Waals surface area (Å²) in [5.74, 6) is 1.73. The summed E-state index contributed by atoms with van der Waals surface area (Å²) in [5, 5.41) is 2.91. The van der Waals surface area contributed by atoms with E-state index in [1.54, 1.807) is 6.07 Å². The van der Waals surface area contributed by atoms with Crippen LogP contribution in [0.1, 0.15) is 19.3 Å². The van der Waals surface area contributed by atoms with Crippen LogP contribution >= 0.6 is 0 Å². The quantitative estimate of drug-likeness (QED) is 0.816. The molecule has 3 rings (SSSR count). The minimum Gasteiger partial charge on any atom is -0.399 e. The van der Waals surface area contributed by atoms with Crippen LogP contribution in [0.2, 0.25) is 0 Å². The highest BCUT2D eigenvalue weighted by atomic mass is 16.2. The van der Waals surface area contributed by atoms with Crippen molar-refractivity contribution in [1.29, 1.82) is 0 Å². The fourth-order valence-corrected chi connectivity index (χ4v) is 3.48. The third kappa shape index (κ3) is 2.89. The maximum absolute atomic E-state index is 12.0. The lowest BCUT2D eigenvalue weighted by molar-refractivity contribution is -0.117. The maximum Gasteiger partial charge on any atom is 0.238 e. The molecule has 3 N–H and O–H groups in total. The SMILES string of the molecule is Nc1cccc(NC(=O)CN2CC3CCCC3C2)c1. The number of nitrogen functional groups attached to an aromatic ring is 1. The summed E-state index contributed by atoms with van der Waals surface area (Å²) >= 11 is 0. The van der Waals surface area contributed by atoms with Gasteiger partial charge in [-0.2, -0.15) is 0 Å². The van der Waals surface area contributed by atoms with Crippen molar-refractivity contribution in [3.05, 3.63) is 24.3 Å². The Kier molecular flexibility index (Phi) is 3.42. The fourth-order valence-electron chi connectivity index (χ4n) is 3.48. The number of hydrogen-bond donors (Lipinski definition) is 2. The van der Waals surface area contributed by atoms with Crippen molar-refractivity contribution in [1.82, 2.24) is 4.90 Å². The largest absolute Gasteiger partial charge is 0.399 e. The van der Waals surface area contributed by atoms with Crippen molar-refractivity contribution in [2.45, 2.75) is 19.3 Å². The Bertz CT molecular complexity index is 462. The Morgan fingerprint density at radius 3 is 2.74 bits per heavy atom. The molecule has 1 aliphatic heterocycles. The Morgan fingerprint density at radius 1 is 1.32 bits per heavy atom. The van der Waals surface area contributed by atoms with Crippen molar-refractivity contribution in [3.63, 3.8) is 0 Å². The van der Waals surface area contributed by atoms with Crippen LogP contribution in [0, 0.1) is 11.8 Å². The van der Waals surface area contributed by atoms with E-state index in [1.165, 1.54) is 19.3 Å². The number of amides is 1. The Morgan fingerprint density at radius 2 is 2.05 bits per heavy atom. The molecule has 1 saturated heterocycles. The van der Waals surface area contributed by atoms with Gasteiger partial charge in [-0.05, 0) is 42.9 Å². The number of hydrogen-bond acceptors (Lipinski definition) is 3. The van der Waals surface area contributed by atoms with Crippen molar-refractivity contribution in [2.24, 2.45) is 11.8 Å². The highest BCUT2D eigenvalue weighted by Gasteiger charge is 2.36. The summed E-state index contributed by atoms with van der Waals surface area (Å²) in [6.45, 7) is 2.69. The summed E-state index contributed by atoms with van der Waals surface area (Å²) < 4.78 is 0. The van der Waals surface area contributed by atoms with E-state index in [-0.39, 0.29) is 5.91 Å². The van der Waals surface area contributed by atoms with Gasteiger partial charge in [0, 0.05) is 24.5 Å². The fraction of sp³-hybridized carbons (Fsp3) is 0.533. The Hall–Kier alpha value is -1.55. The van der Waals surface area contributed by atoms with Gasteiger partial charge in [0.15, 0.2) is 0 Å². The van der Waals surface area contributed by atoms with Gasteiger partial charge in [-0.3, -0.25) is 9.69 Å². The minimum absolute atomic E-state index is 0.0607. The normalized spacial score (nSPS) is 26.3. The molecule has 4 nitrogen and oxygen atoms in total. The third-order valence-corrected chi connectivity index (χ3v) is 4.34. The number of rotatable bonds is 3. The van der Waals surface area contributed by atoms with Gasteiger partial charge in [0.1, 0.15) is 0 Å². The number of benzene rings is 1. The van der Waals surface area contributed by atoms with E-state index in [0.29, 0.717) is 12.2 Å². The number of nitrogens with zero attached hydrogens (tertiary/aromatic N) is 1. The predicted octanol–water partition coefficient (Wildman–Crippen LogP) is 1.94. The predicted molar refractivity (Wildman–Crippen MR) is 76.8 cm³/mol. The van der Waals surface area contributed by atoms with E-state index in [9.17, 15) is 4.79 Å². The summed E-state index contributed by atoms with van der Waals surface area (Å²) in [7, 11) is 0. The third-order valence-electron chi connectivity index (χ3n) is 4.34. The number of anilines is 2. The molecule has 19 heavy (non-hydrogen) atoms. The highest BCUT2D eigenvalue weighted by Crippen LogP contribution is 2.37. The maximum atomic E-state index is 12.0. The lowest BCUT2D eigenvalue weighted by atomic mass is 10.0. The number of carbonyl (C=O) groups excluding carboxylic acids is 1. The molecule has 1 heterocycles. The van der Waals surface area contributed by atoms with Gasteiger partial charge in [0.25, 0.3) is 0 Å². The number of nitrogens with two attached hydrogens (primary N) is 1. The van der Waals surface area contributed by atoms with E-state index < -0.39 is 0 Å². The Balaban J connectivity index is 1.52. The average molecular weight is 259 g/mol. The van der Waals surface area contributed by atoms with Gasteiger partial charge in [0.2, 0.25) is 5.91 Å². The first-order valence-corrected chi connectivity index (χ1v) is 7.08. The molecule has 0 radical (unpaired) electrons. The molecule has 1 amide bonds. The van der Waals surface area contributed by atoms with Gasteiger partial charge in [-0.1, -0.05) is 12.5 Å².